The second kappa shape index (κ2) is 7.96. The standard InChI is InChI=1S/C15H17ClFN3O4/c16-10-4-3-9(8-11(10)17)20-7-5-12(14(20)23)19-15(24)18-6-1-2-13(21)22/h3-4,8,12H,1-2,5-7H2,(H,21,22)(H2,18,19,24). The van der Waals surface area contributed by atoms with E-state index in [1.54, 1.807) is 0 Å². The van der Waals surface area contributed by atoms with Crippen LogP contribution in [0.15, 0.2) is 18.2 Å². The van der Waals surface area contributed by atoms with E-state index in [1.807, 2.05) is 0 Å². The van der Waals surface area contributed by atoms with E-state index in [1.165, 1.54) is 23.1 Å². The zero-order chi connectivity index (χ0) is 17.7. The van der Waals surface area contributed by atoms with Crippen molar-refractivity contribution >= 4 is 35.2 Å². The number of carboxylic acids is 1. The van der Waals surface area contributed by atoms with E-state index >= 15 is 0 Å². The zero-order valence-electron chi connectivity index (χ0n) is 12.7. The van der Waals surface area contributed by atoms with Crippen LogP contribution in [-0.2, 0) is 9.59 Å². The van der Waals surface area contributed by atoms with Crippen molar-refractivity contribution in [1.29, 1.82) is 0 Å². The van der Waals surface area contributed by atoms with Crippen LogP contribution in [0.25, 0.3) is 0 Å². The lowest BCUT2D eigenvalue weighted by Crippen LogP contribution is -2.46. The maximum absolute atomic E-state index is 13.5. The minimum absolute atomic E-state index is 0.0270. The Morgan fingerprint density at radius 1 is 1.42 bits per heavy atom. The number of nitrogens with one attached hydrogen (secondary N) is 2. The van der Waals surface area contributed by atoms with Gasteiger partial charge in [0.2, 0.25) is 5.91 Å². The van der Waals surface area contributed by atoms with Gasteiger partial charge in [-0.3, -0.25) is 9.59 Å². The molecule has 0 aromatic heterocycles. The highest BCUT2D eigenvalue weighted by molar-refractivity contribution is 6.30. The number of aliphatic carboxylic acids is 1. The first kappa shape index (κ1) is 18.0. The molecule has 1 heterocycles. The highest BCUT2D eigenvalue weighted by Crippen LogP contribution is 2.25. The van der Waals surface area contributed by atoms with Gasteiger partial charge >= 0.3 is 12.0 Å². The van der Waals surface area contributed by atoms with E-state index in [2.05, 4.69) is 10.6 Å². The van der Waals surface area contributed by atoms with Crippen molar-refractivity contribution in [2.75, 3.05) is 18.0 Å². The zero-order valence-corrected chi connectivity index (χ0v) is 13.5. The predicted octanol–water partition coefficient (Wildman–Crippen LogP) is 1.75. The molecule has 2 rings (SSSR count). The maximum Gasteiger partial charge on any atom is 0.315 e. The van der Waals surface area contributed by atoms with Crippen molar-refractivity contribution in [1.82, 2.24) is 10.6 Å². The summed E-state index contributed by atoms with van der Waals surface area (Å²) in [7, 11) is 0. The molecule has 24 heavy (non-hydrogen) atoms. The number of carboxylic acid groups (broad SMARTS) is 1. The van der Waals surface area contributed by atoms with Crippen molar-refractivity contribution in [3.63, 3.8) is 0 Å². The molecule has 9 heteroatoms. The van der Waals surface area contributed by atoms with Crippen LogP contribution in [0.4, 0.5) is 14.9 Å². The van der Waals surface area contributed by atoms with Gasteiger partial charge in [0.05, 0.1) is 5.02 Å². The summed E-state index contributed by atoms with van der Waals surface area (Å²) in [6, 6.07) is 2.84. The predicted molar refractivity (Wildman–Crippen MR) is 85.6 cm³/mol. The summed E-state index contributed by atoms with van der Waals surface area (Å²) in [5.74, 6) is -1.89. The van der Waals surface area contributed by atoms with E-state index in [0.717, 1.165) is 0 Å². The molecule has 1 saturated heterocycles. The molecule has 1 aromatic rings. The Morgan fingerprint density at radius 3 is 2.83 bits per heavy atom. The number of hydrogen-bond acceptors (Lipinski definition) is 3. The first-order valence-electron chi connectivity index (χ1n) is 7.41. The molecule has 1 aliphatic heterocycles. The van der Waals surface area contributed by atoms with Gasteiger partial charge in [0, 0.05) is 25.2 Å². The Morgan fingerprint density at radius 2 is 2.17 bits per heavy atom. The Kier molecular flexibility index (Phi) is 5.97. The molecule has 1 aromatic carbocycles. The summed E-state index contributed by atoms with van der Waals surface area (Å²) in [6.07, 6.45) is 0.654. The Hall–Kier alpha value is -2.35. The maximum atomic E-state index is 13.5. The van der Waals surface area contributed by atoms with Crippen LogP contribution in [0.5, 0.6) is 0 Å². The molecule has 130 valence electrons. The summed E-state index contributed by atoms with van der Waals surface area (Å²) in [5.41, 5.74) is 0.382. The van der Waals surface area contributed by atoms with Gasteiger partial charge in [-0.25, -0.2) is 9.18 Å². The monoisotopic (exact) mass is 357 g/mol. The molecule has 0 saturated carbocycles. The fourth-order valence-corrected chi connectivity index (χ4v) is 2.49. The number of rotatable bonds is 6. The molecule has 1 atom stereocenters. The third-order valence-electron chi connectivity index (χ3n) is 3.58. The van der Waals surface area contributed by atoms with Crippen LogP contribution in [0.3, 0.4) is 0 Å². The molecule has 1 fully saturated rings. The average Bonchev–Trinajstić information content (AvgIpc) is 2.87. The highest BCUT2D eigenvalue weighted by Gasteiger charge is 2.33. The number of carbonyl (C=O) groups is 3. The summed E-state index contributed by atoms with van der Waals surface area (Å²) in [4.78, 5) is 35.8. The average molecular weight is 358 g/mol. The fraction of sp³-hybridized carbons (Fsp3) is 0.400. The van der Waals surface area contributed by atoms with Crippen molar-refractivity contribution in [3.05, 3.63) is 29.0 Å². The molecule has 0 spiro atoms. The van der Waals surface area contributed by atoms with Crippen LogP contribution < -0.4 is 15.5 Å². The Bertz CT molecular complexity index is 656. The number of halogens is 2. The van der Waals surface area contributed by atoms with Crippen LogP contribution in [-0.4, -0.2) is 42.1 Å². The van der Waals surface area contributed by atoms with Gasteiger partial charge in [0.1, 0.15) is 11.9 Å². The summed E-state index contributed by atoms with van der Waals surface area (Å²) < 4.78 is 13.5. The number of hydrogen-bond donors (Lipinski definition) is 3. The molecule has 1 unspecified atom stereocenters. The summed E-state index contributed by atoms with van der Waals surface area (Å²) >= 11 is 5.62. The molecular weight excluding hydrogens is 341 g/mol. The third-order valence-corrected chi connectivity index (χ3v) is 3.89. The Labute approximate surface area is 142 Å². The first-order valence-corrected chi connectivity index (χ1v) is 7.79. The topological polar surface area (TPSA) is 98.7 Å². The number of benzene rings is 1. The van der Waals surface area contributed by atoms with Crippen LogP contribution >= 0.6 is 11.6 Å². The van der Waals surface area contributed by atoms with E-state index in [4.69, 9.17) is 16.7 Å². The highest BCUT2D eigenvalue weighted by atomic mass is 35.5. The van der Waals surface area contributed by atoms with E-state index < -0.39 is 23.9 Å². The van der Waals surface area contributed by atoms with Gasteiger partial charge in [-0.1, -0.05) is 11.6 Å². The lowest BCUT2D eigenvalue weighted by molar-refractivity contribution is -0.137. The number of nitrogens with zero attached hydrogens (tertiary/aromatic N) is 1. The third kappa shape index (κ3) is 4.58. The number of carbonyl (C=O) groups excluding carboxylic acids is 2. The molecule has 0 radical (unpaired) electrons. The molecule has 0 bridgehead atoms. The number of urea groups is 1. The number of amides is 3. The van der Waals surface area contributed by atoms with Crippen LogP contribution in [0.1, 0.15) is 19.3 Å². The van der Waals surface area contributed by atoms with Crippen molar-refractivity contribution in [2.45, 2.75) is 25.3 Å². The lowest BCUT2D eigenvalue weighted by Gasteiger charge is -2.17. The smallest absolute Gasteiger partial charge is 0.315 e. The molecule has 3 amide bonds. The second-order valence-electron chi connectivity index (χ2n) is 5.33. The van der Waals surface area contributed by atoms with Crippen LogP contribution in [0, 0.1) is 5.82 Å². The van der Waals surface area contributed by atoms with Gasteiger partial charge in [0.25, 0.3) is 0 Å². The van der Waals surface area contributed by atoms with Crippen molar-refractivity contribution in [3.8, 4) is 0 Å². The summed E-state index contributed by atoms with van der Waals surface area (Å²) in [5, 5.41) is 13.5. The van der Waals surface area contributed by atoms with Gasteiger partial charge < -0.3 is 20.6 Å². The van der Waals surface area contributed by atoms with Crippen LogP contribution in [0.2, 0.25) is 5.02 Å². The minimum atomic E-state index is -0.936. The molecule has 3 N–H and O–H groups in total. The second-order valence-corrected chi connectivity index (χ2v) is 5.73. The normalized spacial score (nSPS) is 17.0. The van der Waals surface area contributed by atoms with E-state index in [0.29, 0.717) is 25.1 Å². The minimum Gasteiger partial charge on any atom is -0.481 e. The van der Waals surface area contributed by atoms with Gasteiger partial charge in [-0.15, -0.1) is 0 Å². The van der Waals surface area contributed by atoms with E-state index in [-0.39, 0.29) is 23.9 Å². The number of anilines is 1. The van der Waals surface area contributed by atoms with Crippen molar-refractivity contribution < 1.29 is 23.9 Å². The van der Waals surface area contributed by atoms with E-state index in [9.17, 15) is 18.8 Å². The molecule has 1 aliphatic rings. The lowest BCUT2D eigenvalue weighted by atomic mass is 10.2. The van der Waals surface area contributed by atoms with Gasteiger partial charge in [-0.05, 0) is 31.0 Å². The molecule has 7 nitrogen and oxygen atoms in total. The quantitative estimate of drug-likeness (QED) is 0.675. The SMILES string of the molecule is O=C(O)CCCNC(=O)NC1CCN(c2ccc(Cl)c(F)c2)C1=O. The van der Waals surface area contributed by atoms with Gasteiger partial charge in [-0.2, -0.15) is 0 Å². The first-order chi connectivity index (χ1) is 11.4. The summed E-state index contributed by atoms with van der Waals surface area (Å²) in [6.45, 7) is 0.551. The molecular formula is C15H17ClFN3O4. The Balaban J connectivity index is 1.86. The van der Waals surface area contributed by atoms with Crippen molar-refractivity contribution in [2.24, 2.45) is 0 Å². The largest absolute Gasteiger partial charge is 0.481 e. The fourth-order valence-electron chi connectivity index (χ4n) is 2.37. The van der Waals surface area contributed by atoms with Gasteiger partial charge in [0.15, 0.2) is 0 Å². The molecule has 0 aliphatic carbocycles.